The Labute approximate surface area is 137 Å². The van der Waals surface area contributed by atoms with E-state index in [0.29, 0.717) is 0 Å². The lowest BCUT2D eigenvalue weighted by molar-refractivity contribution is 0.115. The third-order valence-corrected chi connectivity index (χ3v) is 5.04. The molecule has 4 rings (SSSR count). The third kappa shape index (κ3) is 2.99. The average Bonchev–Trinajstić information content (AvgIpc) is 3.04. The fourth-order valence-electron chi connectivity index (χ4n) is 3.73. The smallest absolute Gasteiger partial charge is 0.123 e. The minimum Gasteiger partial charge on any atom is -0.493 e. The molecule has 0 saturated carbocycles. The van der Waals surface area contributed by atoms with Crippen LogP contribution in [0.25, 0.3) is 0 Å². The third-order valence-electron chi connectivity index (χ3n) is 5.04. The number of hydrogen-bond acceptors (Lipinski definition) is 3. The van der Waals surface area contributed by atoms with Crippen LogP contribution in [-0.4, -0.2) is 24.3 Å². The first kappa shape index (κ1) is 14.7. The SMILES string of the molecule is O[C@@H]1c2cc3c(cc2CC[C@H]1NCCc1ccccc1)CCO3. The van der Waals surface area contributed by atoms with Gasteiger partial charge in [-0.05, 0) is 54.1 Å². The highest BCUT2D eigenvalue weighted by molar-refractivity contribution is 5.47. The molecule has 0 bridgehead atoms. The fourth-order valence-corrected chi connectivity index (χ4v) is 3.73. The first-order chi connectivity index (χ1) is 11.3. The van der Waals surface area contributed by atoms with E-state index in [9.17, 15) is 5.11 Å². The van der Waals surface area contributed by atoms with Gasteiger partial charge in [0.1, 0.15) is 5.75 Å². The van der Waals surface area contributed by atoms with Gasteiger partial charge in [0.05, 0.1) is 12.7 Å². The van der Waals surface area contributed by atoms with E-state index in [-0.39, 0.29) is 6.04 Å². The second-order valence-electron chi connectivity index (χ2n) is 6.54. The highest BCUT2D eigenvalue weighted by Gasteiger charge is 2.29. The molecule has 0 fully saturated rings. The summed E-state index contributed by atoms with van der Waals surface area (Å²) in [6.07, 6.45) is 3.57. The van der Waals surface area contributed by atoms with E-state index in [1.54, 1.807) is 0 Å². The van der Waals surface area contributed by atoms with Crippen LogP contribution < -0.4 is 10.1 Å². The summed E-state index contributed by atoms with van der Waals surface area (Å²) in [5.74, 6) is 0.965. The maximum absolute atomic E-state index is 10.7. The summed E-state index contributed by atoms with van der Waals surface area (Å²) < 4.78 is 5.66. The maximum atomic E-state index is 10.7. The van der Waals surface area contributed by atoms with Crippen LogP contribution in [0.5, 0.6) is 5.75 Å². The molecule has 0 amide bonds. The van der Waals surface area contributed by atoms with Crippen molar-refractivity contribution < 1.29 is 9.84 Å². The second-order valence-corrected chi connectivity index (χ2v) is 6.54. The van der Waals surface area contributed by atoms with Gasteiger partial charge >= 0.3 is 0 Å². The minimum absolute atomic E-state index is 0.130. The van der Waals surface area contributed by atoms with Crippen LogP contribution >= 0.6 is 0 Å². The lowest BCUT2D eigenvalue weighted by Crippen LogP contribution is -2.39. The van der Waals surface area contributed by atoms with E-state index < -0.39 is 6.10 Å². The Hall–Kier alpha value is -1.84. The summed E-state index contributed by atoms with van der Waals surface area (Å²) in [7, 11) is 0. The molecule has 23 heavy (non-hydrogen) atoms. The van der Waals surface area contributed by atoms with Gasteiger partial charge in [0.25, 0.3) is 0 Å². The Bertz CT molecular complexity index is 684. The van der Waals surface area contributed by atoms with Gasteiger partial charge < -0.3 is 15.2 Å². The van der Waals surface area contributed by atoms with E-state index in [1.165, 1.54) is 16.7 Å². The average molecular weight is 309 g/mol. The molecular weight excluding hydrogens is 286 g/mol. The van der Waals surface area contributed by atoms with Crippen molar-refractivity contribution in [3.05, 3.63) is 64.7 Å². The summed E-state index contributed by atoms with van der Waals surface area (Å²) in [6.45, 7) is 1.66. The molecule has 1 aliphatic heterocycles. The van der Waals surface area contributed by atoms with Gasteiger partial charge in [-0.15, -0.1) is 0 Å². The van der Waals surface area contributed by atoms with Crippen LogP contribution in [0.15, 0.2) is 42.5 Å². The Morgan fingerprint density at radius 2 is 1.96 bits per heavy atom. The second kappa shape index (κ2) is 6.34. The lowest BCUT2D eigenvalue weighted by atomic mass is 9.84. The molecule has 1 heterocycles. The normalized spacial score (nSPS) is 22.3. The number of aliphatic hydroxyl groups is 1. The van der Waals surface area contributed by atoms with Crippen molar-refractivity contribution in [2.75, 3.05) is 13.2 Å². The van der Waals surface area contributed by atoms with Crippen LogP contribution in [0.2, 0.25) is 0 Å². The van der Waals surface area contributed by atoms with Crippen molar-refractivity contribution in [2.45, 2.75) is 37.8 Å². The van der Waals surface area contributed by atoms with Crippen molar-refractivity contribution in [3.8, 4) is 5.75 Å². The molecule has 3 nitrogen and oxygen atoms in total. The molecule has 0 radical (unpaired) electrons. The van der Waals surface area contributed by atoms with E-state index in [1.807, 2.05) is 6.07 Å². The fraction of sp³-hybridized carbons (Fsp3) is 0.400. The number of rotatable bonds is 4. The Balaban J connectivity index is 1.42. The van der Waals surface area contributed by atoms with Crippen molar-refractivity contribution in [2.24, 2.45) is 0 Å². The predicted molar refractivity (Wildman–Crippen MR) is 90.9 cm³/mol. The van der Waals surface area contributed by atoms with Crippen molar-refractivity contribution in [1.29, 1.82) is 0 Å². The number of ether oxygens (including phenoxy) is 1. The van der Waals surface area contributed by atoms with E-state index >= 15 is 0 Å². The molecule has 0 saturated heterocycles. The largest absolute Gasteiger partial charge is 0.493 e. The molecule has 0 spiro atoms. The molecule has 2 aromatic carbocycles. The molecule has 0 unspecified atom stereocenters. The Morgan fingerprint density at radius 1 is 1.09 bits per heavy atom. The lowest BCUT2D eigenvalue weighted by Gasteiger charge is -2.31. The van der Waals surface area contributed by atoms with Crippen molar-refractivity contribution in [1.82, 2.24) is 5.32 Å². The number of hydrogen-bond donors (Lipinski definition) is 2. The zero-order chi connectivity index (χ0) is 15.6. The number of benzene rings is 2. The maximum Gasteiger partial charge on any atom is 0.123 e. The van der Waals surface area contributed by atoms with Crippen LogP contribution in [0.3, 0.4) is 0 Å². The highest BCUT2D eigenvalue weighted by atomic mass is 16.5. The summed E-state index contributed by atoms with van der Waals surface area (Å²) in [5.41, 5.74) is 4.97. The standard InChI is InChI=1S/C20H23NO2/c22-20-17-13-19-16(9-11-23-19)12-15(17)6-7-18(20)21-10-8-14-4-2-1-3-5-14/h1-5,12-13,18,20-22H,6-11H2/t18-,20-/m1/s1. The Kier molecular flexibility index (Phi) is 4.06. The van der Waals surface area contributed by atoms with Gasteiger partial charge in [-0.1, -0.05) is 36.4 Å². The van der Waals surface area contributed by atoms with Gasteiger partial charge in [-0.25, -0.2) is 0 Å². The van der Waals surface area contributed by atoms with Gasteiger partial charge in [0.15, 0.2) is 0 Å². The zero-order valence-corrected chi connectivity index (χ0v) is 13.3. The number of nitrogens with one attached hydrogen (secondary N) is 1. The van der Waals surface area contributed by atoms with Crippen LogP contribution in [-0.2, 0) is 19.3 Å². The van der Waals surface area contributed by atoms with Crippen LogP contribution in [0, 0.1) is 0 Å². The topological polar surface area (TPSA) is 41.5 Å². The highest BCUT2D eigenvalue weighted by Crippen LogP contribution is 2.36. The van der Waals surface area contributed by atoms with Gasteiger partial charge in [0.2, 0.25) is 0 Å². The van der Waals surface area contributed by atoms with E-state index in [4.69, 9.17) is 4.74 Å². The quantitative estimate of drug-likeness (QED) is 0.912. The van der Waals surface area contributed by atoms with Crippen molar-refractivity contribution >= 4 is 0 Å². The van der Waals surface area contributed by atoms with Crippen LogP contribution in [0.1, 0.15) is 34.8 Å². The summed E-state index contributed by atoms with van der Waals surface area (Å²) in [4.78, 5) is 0. The summed E-state index contributed by atoms with van der Waals surface area (Å²) in [5, 5.41) is 14.3. The molecule has 1 aliphatic carbocycles. The van der Waals surface area contributed by atoms with Gasteiger partial charge in [-0.3, -0.25) is 0 Å². The minimum atomic E-state index is -0.441. The first-order valence-electron chi connectivity index (χ1n) is 8.55. The van der Waals surface area contributed by atoms with Gasteiger partial charge in [0, 0.05) is 12.5 Å². The summed E-state index contributed by atoms with van der Waals surface area (Å²) >= 11 is 0. The molecule has 120 valence electrons. The molecule has 2 aromatic rings. The summed E-state index contributed by atoms with van der Waals surface area (Å²) in [6, 6.07) is 14.9. The zero-order valence-electron chi connectivity index (χ0n) is 13.3. The molecule has 0 aromatic heterocycles. The Morgan fingerprint density at radius 3 is 2.83 bits per heavy atom. The predicted octanol–water partition coefficient (Wildman–Crippen LogP) is 2.80. The number of aryl methyl sites for hydroxylation is 1. The molecule has 2 atom stereocenters. The monoisotopic (exact) mass is 309 g/mol. The number of fused-ring (bicyclic) bond motifs is 2. The molecule has 2 aliphatic rings. The van der Waals surface area contributed by atoms with E-state index in [0.717, 1.165) is 50.1 Å². The molecule has 3 heteroatoms. The first-order valence-corrected chi connectivity index (χ1v) is 8.55. The number of aliphatic hydroxyl groups excluding tert-OH is 1. The van der Waals surface area contributed by atoms with Crippen LogP contribution in [0.4, 0.5) is 0 Å². The van der Waals surface area contributed by atoms with Crippen molar-refractivity contribution in [3.63, 3.8) is 0 Å². The molecule has 2 N–H and O–H groups in total. The van der Waals surface area contributed by atoms with E-state index in [2.05, 4.69) is 41.7 Å². The van der Waals surface area contributed by atoms with Gasteiger partial charge in [-0.2, -0.15) is 0 Å². The molecular formula is C20H23NO2.